The highest BCUT2D eigenvalue weighted by Gasteiger charge is 2.40. The number of nitrogens with zero attached hydrogens (tertiary/aromatic N) is 3. The summed E-state index contributed by atoms with van der Waals surface area (Å²) < 4.78 is 0. The van der Waals surface area contributed by atoms with Crippen molar-refractivity contribution in [1.29, 1.82) is 0 Å². The Morgan fingerprint density at radius 2 is 1.52 bits per heavy atom. The first kappa shape index (κ1) is 17.4. The van der Waals surface area contributed by atoms with Crippen molar-refractivity contribution in [3.8, 4) is 0 Å². The number of carbonyl (C=O) groups is 2. The summed E-state index contributed by atoms with van der Waals surface area (Å²) in [6.45, 7) is 7.46. The number of fused-ring (bicyclic) bond motifs is 1. The second-order valence-electron chi connectivity index (χ2n) is 5.79. The summed E-state index contributed by atoms with van der Waals surface area (Å²) in [5.74, 6) is -0.636. The molecule has 0 aromatic heterocycles. The Hall–Kier alpha value is -2.47. The van der Waals surface area contributed by atoms with Gasteiger partial charge in [0.25, 0.3) is 11.8 Å². The zero-order chi connectivity index (χ0) is 18.1. The normalized spacial score (nSPS) is 17.6. The molecule has 1 saturated heterocycles. The zero-order valence-electron chi connectivity index (χ0n) is 14.7. The van der Waals surface area contributed by atoms with Gasteiger partial charge in [0, 0.05) is 42.7 Å². The molecule has 0 spiro atoms. The van der Waals surface area contributed by atoms with E-state index >= 15 is 0 Å². The Balaban J connectivity index is 2.23. The Morgan fingerprint density at radius 3 is 2.08 bits per heavy atom. The molecule has 2 aliphatic heterocycles. The number of likely N-dealkylation sites (N-methyl/N-ethyl adjacent to an activating group) is 2. The number of rotatable bonds is 3. The number of thiocarbonyl (C=S) groups is 1. The summed E-state index contributed by atoms with van der Waals surface area (Å²) >= 11 is 5.33. The quantitative estimate of drug-likeness (QED) is 0.475. The number of allylic oxidation sites excluding steroid dienone is 2. The van der Waals surface area contributed by atoms with Crippen LogP contribution in [0.15, 0.2) is 42.1 Å². The van der Waals surface area contributed by atoms with Gasteiger partial charge in [-0.3, -0.25) is 19.4 Å². The highest BCUT2D eigenvalue weighted by Crippen LogP contribution is 2.36. The Bertz CT molecular complexity index is 785. The topological polar surface area (TPSA) is 43.9 Å². The molecule has 0 bridgehead atoms. The SMILES string of the molecule is CCN1C(=O)C(=C2C=CN(CC)c3ccccc32)C(=O)N(CC)C1=S. The zero-order valence-corrected chi connectivity index (χ0v) is 15.5. The number of benzene rings is 1. The van der Waals surface area contributed by atoms with E-state index in [1.54, 1.807) is 0 Å². The highest BCUT2D eigenvalue weighted by molar-refractivity contribution is 7.80. The average Bonchev–Trinajstić information content (AvgIpc) is 2.62. The van der Waals surface area contributed by atoms with E-state index in [1.165, 1.54) is 9.80 Å². The second kappa shape index (κ2) is 6.80. The molecule has 130 valence electrons. The van der Waals surface area contributed by atoms with Crippen molar-refractivity contribution in [2.45, 2.75) is 20.8 Å². The van der Waals surface area contributed by atoms with Crippen molar-refractivity contribution >= 4 is 40.4 Å². The van der Waals surface area contributed by atoms with E-state index in [4.69, 9.17) is 12.2 Å². The number of amides is 2. The van der Waals surface area contributed by atoms with Crippen molar-refractivity contribution in [1.82, 2.24) is 9.80 Å². The lowest BCUT2D eigenvalue weighted by Gasteiger charge is -2.37. The van der Waals surface area contributed by atoms with Crippen molar-refractivity contribution in [3.63, 3.8) is 0 Å². The van der Waals surface area contributed by atoms with Gasteiger partial charge in [-0.1, -0.05) is 18.2 Å². The summed E-state index contributed by atoms with van der Waals surface area (Å²) in [5, 5.41) is 0.285. The summed E-state index contributed by atoms with van der Waals surface area (Å²) in [6.07, 6.45) is 3.78. The van der Waals surface area contributed by atoms with Crippen LogP contribution in [0.5, 0.6) is 0 Å². The van der Waals surface area contributed by atoms with Crippen LogP contribution in [0, 0.1) is 0 Å². The van der Waals surface area contributed by atoms with E-state index in [1.807, 2.05) is 50.4 Å². The fourth-order valence-electron chi connectivity index (χ4n) is 3.25. The average molecular weight is 355 g/mol. The van der Waals surface area contributed by atoms with Crippen LogP contribution in [-0.2, 0) is 9.59 Å². The van der Waals surface area contributed by atoms with E-state index in [9.17, 15) is 9.59 Å². The molecule has 0 N–H and O–H groups in total. The third-order valence-corrected chi connectivity index (χ3v) is 4.99. The molecule has 0 saturated carbocycles. The van der Waals surface area contributed by atoms with Gasteiger partial charge in [-0.2, -0.15) is 0 Å². The maximum atomic E-state index is 13.0. The maximum Gasteiger partial charge on any atom is 0.266 e. The largest absolute Gasteiger partial charge is 0.348 e. The van der Waals surface area contributed by atoms with Gasteiger partial charge in [-0.25, -0.2) is 0 Å². The predicted molar refractivity (Wildman–Crippen MR) is 103 cm³/mol. The molecule has 0 aliphatic carbocycles. The Morgan fingerprint density at radius 1 is 0.920 bits per heavy atom. The number of anilines is 1. The van der Waals surface area contributed by atoms with Crippen LogP contribution in [0.1, 0.15) is 26.3 Å². The van der Waals surface area contributed by atoms with E-state index in [0.29, 0.717) is 18.7 Å². The minimum absolute atomic E-state index is 0.191. The van der Waals surface area contributed by atoms with Crippen molar-refractivity contribution in [2.24, 2.45) is 0 Å². The van der Waals surface area contributed by atoms with Crippen LogP contribution in [0.4, 0.5) is 5.69 Å². The minimum atomic E-state index is -0.318. The van der Waals surface area contributed by atoms with Gasteiger partial charge in [-0.05, 0) is 45.1 Å². The molecular weight excluding hydrogens is 334 g/mol. The lowest BCUT2D eigenvalue weighted by molar-refractivity contribution is -0.133. The van der Waals surface area contributed by atoms with Crippen molar-refractivity contribution in [3.05, 3.63) is 47.7 Å². The van der Waals surface area contributed by atoms with Crippen LogP contribution in [-0.4, -0.2) is 46.4 Å². The number of hydrogen-bond donors (Lipinski definition) is 0. The third kappa shape index (κ3) is 2.66. The highest BCUT2D eigenvalue weighted by atomic mass is 32.1. The lowest BCUT2D eigenvalue weighted by Crippen LogP contribution is -2.56. The fourth-order valence-corrected chi connectivity index (χ4v) is 3.67. The van der Waals surface area contributed by atoms with Gasteiger partial charge in [0.15, 0.2) is 5.11 Å². The van der Waals surface area contributed by atoms with Gasteiger partial charge < -0.3 is 4.90 Å². The minimum Gasteiger partial charge on any atom is -0.348 e. The molecule has 0 unspecified atom stereocenters. The van der Waals surface area contributed by atoms with Crippen LogP contribution in [0.25, 0.3) is 5.57 Å². The predicted octanol–water partition coefficient (Wildman–Crippen LogP) is 2.79. The van der Waals surface area contributed by atoms with E-state index in [0.717, 1.165) is 17.8 Å². The molecule has 3 rings (SSSR count). The van der Waals surface area contributed by atoms with Crippen LogP contribution >= 0.6 is 12.2 Å². The summed E-state index contributed by atoms with van der Waals surface area (Å²) in [6, 6.07) is 7.83. The lowest BCUT2D eigenvalue weighted by atomic mass is 9.93. The molecule has 25 heavy (non-hydrogen) atoms. The van der Waals surface area contributed by atoms with E-state index < -0.39 is 0 Å². The standard InChI is InChI=1S/C19H21N3O2S/c1-4-20-12-11-14(13-9-7-8-10-15(13)20)16-17(23)21(5-2)19(25)22(6-3)18(16)24/h7-12H,4-6H2,1-3H3. The number of para-hydroxylation sites is 1. The number of hydrogen-bond acceptors (Lipinski definition) is 4. The molecule has 0 atom stereocenters. The molecule has 5 nitrogen and oxygen atoms in total. The van der Waals surface area contributed by atoms with Crippen LogP contribution < -0.4 is 4.90 Å². The second-order valence-corrected chi connectivity index (χ2v) is 6.15. The van der Waals surface area contributed by atoms with E-state index in [2.05, 4.69) is 11.8 Å². The molecule has 1 aromatic carbocycles. The van der Waals surface area contributed by atoms with Gasteiger partial charge >= 0.3 is 0 Å². The number of carbonyl (C=O) groups excluding carboxylic acids is 2. The first-order valence-corrected chi connectivity index (χ1v) is 8.92. The van der Waals surface area contributed by atoms with Gasteiger partial charge in [0.2, 0.25) is 0 Å². The molecule has 6 heteroatoms. The molecule has 2 aliphatic rings. The van der Waals surface area contributed by atoms with Crippen LogP contribution in [0.2, 0.25) is 0 Å². The third-order valence-electron chi connectivity index (χ3n) is 4.55. The summed E-state index contributed by atoms with van der Waals surface area (Å²) in [4.78, 5) is 31.0. The van der Waals surface area contributed by atoms with Gasteiger partial charge in [0.1, 0.15) is 5.57 Å². The molecular formula is C19H21N3O2S. The summed E-state index contributed by atoms with van der Waals surface area (Å²) in [5.41, 5.74) is 2.74. The smallest absolute Gasteiger partial charge is 0.266 e. The Labute approximate surface area is 153 Å². The first-order chi connectivity index (χ1) is 12.0. The first-order valence-electron chi connectivity index (χ1n) is 8.51. The molecule has 0 radical (unpaired) electrons. The molecule has 2 amide bonds. The Kier molecular flexibility index (Phi) is 4.72. The van der Waals surface area contributed by atoms with Crippen LogP contribution in [0.3, 0.4) is 0 Å². The fraction of sp³-hybridized carbons (Fsp3) is 0.316. The van der Waals surface area contributed by atoms with Gasteiger partial charge in [0.05, 0.1) is 0 Å². The molecule has 1 aromatic rings. The van der Waals surface area contributed by atoms with Gasteiger partial charge in [-0.15, -0.1) is 0 Å². The van der Waals surface area contributed by atoms with Crippen molar-refractivity contribution < 1.29 is 9.59 Å². The molecule has 2 heterocycles. The maximum absolute atomic E-state index is 13.0. The molecule has 1 fully saturated rings. The monoisotopic (exact) mass is 355 g/mol. The summed E-state index contributed by atoms with van der Waals surface area (Å²) in [7, 11) is 0. The van der Waals surface area contributed by atoms with E-state index in [-0.39, 0.29) is 22.5 Å². The van der Waals surface area contributed by atoms with Crippen molar-refractivity contribution in [2.75, 3.05) is 24.5 Å².